The molecule has 0 bridgehead atoms. The standard InChI is InChI=1S/2C3H8O.C2H7NO/c2*1-3(2)4;3-1-2-4/h2*3-4H,1-2H3;4H,1-3H2. The summed E-state index contributed by atoms with van der Waals surface area (Å²) >= 11 is 0. The Morgan fingerprint density at radius 2 is 1.08 bits per heavy atom. The molecule has 0 fully saturated rings. The quantitative estimate of drug-likeness (QED) is 0.448. The maximum absolute atomic E-state index is 8.06. The van der Waals surface area contributed by atoms with Crippen molar-refractivity contribution in [2.45, 2.75) is 39.9 Å². The lowest BCUT2D eigenvalue weighted by atomic mass is 10.5. The first-order chi connectivity index (χ1) is 5.38. The molecule has 0 aliphatic rings. The molecule has 0 aliphatic carbocycles. The lowest BCUT2D eigenvalue weighted by Gasteiger charge is -1.80. The van der Waals surface area contributed by atoms with Crippen molar-refractivity contribution in [2.24, 2.45) is 5.73 Å². The number of aliphatic hydroxyl groups excluding tert-OH is 3. The number of hydrogen-bond donors (Lipinski definition) is 4. The predicted molar refractivity (Wildman–Crippen MR) is 50.8 cm³/mol. The molecule has 0 spiro atoms. The van der Waals surface area contributed by atoms with Crippen LogP contribution in [-0.2, 0) is 0 Å². The lowest BCUT2D eigenvalue weighted by molar-refractivity contribution is 0.215. The molecule has 0 atom stereocenters. The second-order valence-electron chi connectivity index (χ2n) is 2.70. The Hall–Kier alpha value is -0.160. The van der Waals surface area contributed by atoms with E-state index < -0.39 is 0 Å². The summed E-state index contributed by atoms with van der Waals surface area (Å²) in [6.07, 6.45) is -0.333. The second-order valence-corrected chi connectivity index (χ2v) is 2.70. The summed E-state index contributed by atoms with van der Waals surface area (Å²) < 4.78 is 0. The van der Waals surface area contributed by atoms with Crippen molar-refractivity contribution in [3.8, 4) is 0 Å². The van der Waals surface area contributed by atoms with Gasteiger partial charge in [-0.2, -0.15) is 0 Å². The molecule has 0 saturated heterocycles. The zero-order valence-corrected chi connectivity index (χ0v) is 8.49. The average molecular weight is 181 g/mol. The van der Waals surface area contributed by atoms with Gasteiger partial charge in [0, 0.05) is 18.8 Å². The fourth-order valence-corrected chi connectivity index (χ4v) is 0. The van der Waals surface area contributed by atoms with Crippen LogP contribution in [0.15, 0.2) is 0 Å². The molecule has 0 aromatic rings. The normalized spacial score (nSPS) is 8.50. The van der Waals surface area contributed by atoms with E-state index in [4.69, 9.17) is 21.1 Å². The van der Waals surface area contributed by atoms with Gasteiger partial charge in [0.1, 0.15) is 0 Å². The Labute approximate surface area is 75.0 Å². The topological polar surface area (TPSA) is 86.7 Å². The summed E-state index contributed by atoms with van der Waals surface area (Å²) in [6, 6.07) is 0. The van der Waals surface area contributed by atoms with E-state index in [0.717, 1.165) is 0 Å². The van der Waals surface area contributed by atoms with Crippen LogP contribution in [0.2, 0.25) is 0 Å². The summed E-state index contributed by atoms with van der Waals surface area (Å²) in [6.45, 7) is 7.36. The van der Waals surface area contributed by atoms with Crippen molar-refractivity contribution < 1.29 is 15.3 Å². The van der Waals surface area contributed by atoms with Crippen LogP contribution in [0, 0.1) is 0 Å². The van der Waals surface area contributed by atoms with Crippen molar-refractivity contribution in [2.75, 3.05) is 13.2 Å². The minimum atomic E-state index is -0.167. The van der Waals surface area contributed by atoms with Gasteiger partial charge in [-0.25, -0.2) is 0 Å². The Kier molecular flexibility index (Phi) is 25.3. The fraction of sp³-hybridized carbons (Fsp3) is 1.00. The van der Waals surface area contributed by atoms with Crippen LogP contribution in [-0.4, -0.2) is 40.7 Å². The lowest BCUT2D eigenvalue weighted by Crippen LogP contribution is -2.02. The van der Waals surface area contributed by atoms with E-state index in [1.807, 2.05) is 0 Å². The van der Waals surface area contributed by atoms with Crippen molar-refractivity contribution >= 4 is 0 Å². The molecule has 0 aliphatic heterocycles. The van der Waals surface area contributed by atoms with Gasteiger partial charge >= 0.3 is 0 Å². The summed E-state index contributed by atoms with van der Waals surface area (Å²) in [5, 5.41) is 23.9. The van der Waals surface area contributed by atoms with Crippen molar-refractivity contribution in [1.29, 1.82) is 0 Å². The molecule has 0 saturated carbocycles. The highest BCUT2D eigenvalue weighted by molar-refractivity contribution is 4.21. The second kappa shape index (κ2) is 17.1. The summed E-state index contributed by atoms with van der Waals surface area (Å²) in [5.41, 5.74) is 4.78. The van der Waals surface area contributed by atoms with Crippen LogP contribution >= 0.6 is 0 Å². The number of aliphatic hydroxyl groups is 3. The maximum Gasteiger partial charge on any atom is 0.0553 e. The van der Waals surface area contributed by atoms with E-state index in [9.17, 15) is 0 Å². The van der Waals surface area contributed by atoms with Crippen LogP contribution in [0.4, 0.5) is 0 Å². The number of nitrogens with two attached hydrogens (primary N) is 1. The monoisotopic (exact) mass is 181 g/mol. The zero-order valence-electron chi connectivity index (χ0n) is 8.49. The highest BCUT2D eigenvalue weighted by Gasteiger charge is 1.69. The van der Waals surface area contributed by atoms with Gasteiger partial charge in [0.2, 0.25) is 0 Å². The molecule has 0 heterocycles. The van der Waals surface area contributed by atoms with E-state index in [2.05, 4.69) is 0 Å². The molecule has 0 aromatic heterocycles. The Balaban J connectivity index is -0.000000101. The zero-order chi connectivity index (χ0) is 10.6. The van der Waals surface area contributed by atoms with Gasteiger partial charge in [-0.3, -0.25) is 0 Å². The van der Waals surface area contributed by atoms with Gasteiger partial charge in [-0.1, -0.05) is 0 Å². The predicted octanol–water partition coefficient (Wildman–Crippen LogP) is -0.288. The molecule has 0 unspecified atom stereocenters. The Bertz CT molecular complexity index is 44.8. The third kappa shape index (κ3) is 1090. The SMILES string of the molecule is CC(C)O.CC(C)O.NCCO. The van der Waals surface area contributed by atoms with E-state index in [1.54, 1.807) is 27.7 Å². The van der Waals surface area contributed by atoms with Gasteiger partial charge < -0.3 is 21.1 Å². The first-order valence-electron chi connectivity index (χ1n) is 4.05. The molecule has 4 heteroatoms. The Morgan fingerprint density at radius 1 is 1.00 bits per heavy atom. The third-order valence-corrected chi connectivity index (χ3v) is 0.129. The van der Waals surface area contributed by atoms with E-state index in [-0.39, 0.29) is 18.8 Å². The van der Waals surface area contributed by atoms with E-state index in [1.165, 1.54) is 0 Å². The largest absolute Gasteiger partial charge is 0.395 e. The molecule has 0 aromatic carbocycles. The van der Waals surface area contributed by atoms with Crippen LogP contribution in [0.3, 0.4) is 0 Å². The minimum absolute atomic E-state index is 0.0972. The molecule has 0 radical (unpaired) electrons. The molecular formula is C8H23NO3. The molecule has 78 valence electrons. The van der Waals surface area contributed by atoms with E-state index >= 15 is 0 Å². The molecular weight excluding hydrogens is 158 g/mol. The van der Waals surface area contributed by atoms with Crippen LogP contribution in [0.1, 0.15) is 27.7 Å². The molecule has 12 heavy (non-hydrogen) atoms. The summed E-state index contributed by atoms with van der Waals surface area (Å²) in [4.78, 5) is 0. The number of rotatable bonds is 1. The first kappa shape index (κ1) is 17.8. The highest BCUT2D eigenvalue weighted by atomic mass is 16.3. The van der Waals surface area contributed by atoms with Gasteiger partial charge in [-0.05, 0) is 27.7 Å². The highest BCUT2D eigenvalue weighted by Crippen LogP contribution is 1.65. The van der Waals surface area contributed by atoms with E-state index in [0.29, 0.717) is 6.54 Å². The van der Waals surface area contributed by atoms with Crippen LogP contribution < -0.4 is 5.73 Å². The Morgan fingerprint density at radius 3 is 1.08 bits per heavy atom. The minimum Gasteiger partial charge on any atom is -0.395 e. The molecule has 4 nitrogen and oxygen atoms in total. The van der Waals surface area contributed by atoms with Gasteiger partial charge in [-0.15, -0.1) is 0 Å². The fourth-order valence-electron chi connectivity index (χ4n) is 0. The summed E-state index contributed by atoms with van der Waals surface area (Å²) in [7, 11) is 0. The van der Waals surface area contributed by atoms with Crippen LogP contribution in [0.5, 0.6) is 0 Å². The molecule has 0 amide bonds. The van der Waals surface area contributed by atoms with Gasteiger partial charge in [0.05, 0.1) is 6.61 Å². The smallest absolute Gasteiger partial charge is 0.0553 e. The number of hydrogen-bond acceptors (Lipinski definition) is 4. The average Bonchev–Trinajstić information content (AvgIpc) is 1.85. The van der Waals surface area contributed by atoms with Crippen molar-refractivity contribution in [3.63, 3.8) is 0 Å². The van der Waals surface area contributed by atoms with Gasteiger partial charge in [0.15, 0.2) is 0 Å². The van der Waals surface area contributed by atoms with Gasteiger partial charge in [0.25, 0.3) is 0 Å². The van der Waals surface area contributed by atoms with Crippen molar-refractivity contribution in [1.82, 2.24) is 0 Å². The first-order valence-corrected chi connectivity index (χ1v) is 4.05. The third-order valence-electron chi connectivity index (χ3n) is 0.129. The van der Waals surface area contributed by atoms with Crippen molar-refractivity contribution in [3.05, 3.63) is 0 Å². The molecule has 5 N–H and O–H groups in total. The summed E-state index contributed by atoms with van der Waals surface area (Å²) in [5.74, 6) is 0. The maximum atomic E-state index is 8.06. The van der Waals surface area contributed by atoms with Crippen LogP contribution in [0.25, 0.3) is 0 Å². The molecule has 0 rings (SSSR count).